The van der Waals surface area contributed by atoms with Crippen LogP contribution in [0.2, 0.25) is 0 Å². The fourth-order valence-corrected chi connectivity index (χ4v) is 2.73. The SMILES string of the molecule is CCC1CCCCC1Nc1cc(=O)[nH]c(C)n1. The summed E-state index contributed by atoms with van der Waals surface area (Å²) < 4.78 is 0. The lowest BCUT2D eigenvalue weighted by Crippen LogP contribution is -2.32. The molecule has 2 unspecified atom stereocenters. The first-order chi connectivity index (χ1) is 8.19. The first-order valence-corrected chi connectivity index (χ1v) is 6.53. The Labute approximate surface area is 102 Å². The van der Waals surface area contributed by atoms with Crippen molar-refractivity contribution in [3.8, 4) is 0 Å². The third-order valence-corrected chi connectivity index (χ3v) is 3.63. The Balaban J connectivity index is 2.10. The van der Waals surface area contributed by atoms with Gasteiger partial charge in [0.05, 0.1) is 0 Å². The van der Waals surface area contributed by atoms with Crippen molar-refractivity contribution in [3.63, 3.8) is 0 Å². The summed E-state index contributed by atoms with van der Waals surface area (Å²) in [5.41, 5.74) is -0.0798. The van der Waals surface area contributed by atoms with E-state index in [0.29, 0.717) is 17.8 Å². The van der Waals surface area contributed by atoms with E-state index in [1.54, 1.807) is 6.07 Å². The molecule has 2 N–H and O–H groups in total. The highest BCUT2D eigenvalue weighted by atomic mass is 16.1. The molecule has 1 aromatic rings. The molecule has 1 heterocycles. The van der Waals surface area contributed by atoms with E-state index >= 15 is 0 Å². The lowest BCUT2D eigenvalue weighted by molar-refractivity contribution is 0.317. The number of rotatable bonds is 3. The maximum absolute atomic E-state index is 11.4. The highest BCUT2D eigenvalue weighted by Crippen LogP contribution is 2.28. The van der Waals surface area contributed by atoms with Crippen LogP contribution in [0.15, 0.2) is 10.9 Å². The van der Waals surface area contributed by atoms with Gasteiger partial charge in [-0.05, 0) is 25.7 Å². The van der Waals surface area contributed by atoms with Crippen molar-refractivity contribution in [2.75, 3.05) is 5.32 Å². The molecule has 4 heteroatoms. The Hall–Kier alpha value is -1.32. The second-order valence-electron chi connectivity index (χ2n) is 4.92. The van der Waals surface area contributed by atoms with Crippen LogP contribution in [-0.2, 0) is 0 Å². The van der Waals surface area contributed by atoms with Gasteiger partial charge >= 0.3 is 0 Å². The van der Waals surface area contributed by atoms with Crippen LogP contribution in [0.1, 0.15) is 44.9 Å². The van der Waals surface area contributed by atoms with E-state index in [1.165, 1.54) is 32.1 Å². The van der Waals surface area contributed by atoms with Crippen LogP contribution in [0.3, 0.4) is 0 Å². The van der Waals surface area contributed by atoms with Gasteiger partial charge < -0.3 is 10.3 Å². The van der Waals surface area contributed by atoms with Crippen molar-refractivity contribution >= 4 is 5.82 Å². The van der Waals surface area contributed by atoms with E-state index < -0.39 is 0 Å². The van der Waals surface area contributed by atoms with E-state index in [1.807, 2.05) is 6.92 Å². The van der Waals surface area contributed by atoms with Crippen molar-refractivity contribution in [3.05, 3.63) is 22.2 Å². The van der Waals surface area contributed by atoms with Gasteiger partial charge in [-0.25, -0.2) is 4.98 Å². The molecule has 0 spiro atoms. The minimum atomic E-state index is -0.0798. The number of hydrogen-bond acceptors (Lipinski definition) is 3. The third kappa shape index (κ3) is 3.08. The third-order valence-electron chi connectivity index (χ3n) is 3.63. The molecule has 17 heavy (non-hydrogen) atoms. The zero-order valence-electron chi connectivity index (χ0n) is 10.6. The molecule has 0 bridgehead atoms. The number of aromatic amines is 1. The van der Waals surface area contributed by atoms with E-state index in [4.69, 9.17) is 0 Å². The standard InChI is InChI=1S/C13H21N3O/c1-3-10-6-4-5-7-11(10)16-12-8-13(17)15-9(2)14-12/h8,10-11H,3-7H2,1-2H3,(H2,14,15,16,17). The summed E-state index contributed by atoms with van der Waals surface area (Å²) in [5, 5.41) is 3.43. The van der Waals surface area contributed by atoms with Crippen LogP contribution in [-0.4, -0.2) is 16.0 Å². The minimum absolute atomic E-state index is 0.0798. The lowest BCUT2D eigenvalue weighted by Gasteiger charge is -2.31. The van der Waals surface area contributed by atoms with Crippen molar-refractivity contribution in [2.45, 2.75) is 52.0 Å². The highest BCUT2D eigenvalue weighted by Gasteiger charge is 2.23. The summed E-state index contributed by atoms with van der Waals surface area (Å²) in [6.07, 6.45) is 6.27. The molecule has 0 aliphatic heterocycles. The van der Waals surface area contributed by atoms with Crippen molar-refractivity contribution < 1.29 is 0 Å². The van der Waals surface area contributed by atoms with Crippen molar-refractivity contribution in [1.29, 1.82) is 0 Å². The zero-order valence-corrected chi connectivity index (χ0v) is 10.6. The van der Waals surface area contributed by atoms with Gasteiger partial charge in [0.15, 0.2) is 0 Å². The summed E-state index contributed by atoms with van der Waals surface area (Å²) in [5.74, 6) is 2.10. The van der Waals surface area contributed by atoms with Crippen LogP contribution >= 0.6 is 0 Å². The predicted molar refractivity (Wildman–Crippen MR) is 69.3 cm³/mol. The van der Waals surface area contributed by atoms with Gasteiger partial charge in [0.1, 0.15) is 11.6 Å². The maximum atomic E-state index is 11.4. The number of H-pyrrole nitrogens is 1. The molecule has 2 rings (SSSR count). The molecule has 2 atom stereocenters. The lowest BCUT2D eigenvalue weighted by atomic mass is 9.83. The molecule has 0 amide bonds. The number of anilines is 1. The average Bonchev–Trinajstić information content (AvgIpc) is 2.28. The Morgan fingerprint density at radius 3 is 2.94 bits per heavy atom. The quantitative estimate of drug-likeness (QED) is 0.846. The summed E-state index contributed by atoms with van der Waals surface area (Å²) in [6.45, 7) is 4.05. The zero-order chi connectivity index (χ0) is 12.3. The molecule has 0 saturated heterocycles. The van der Waals surface area contributed by atoms with Crippen molar-refractivity contribution in [1.82, 2.24) is 9.97 Å². The van der Waals surface area contributed by atoms with E-state index in [9.17, 15) is 4.79 Å². The molecule has 1 aliphatic carbocycles. The Morgan fingerprint density at radius 2 is 2.24 bits per heavy atom. The number of hydrogen-bond donors (Lipinski definition) is 2. The van der Waals surface area contributed by atoms with E-state index in [-0.39, 0.29) is 5.56 Å². The van der Waals surface area contributed by atoms with Crippen LogP contribution in [0.25, 0.3) is 0 Å². The topological polar surface area (TPSA) is 57.8 Å². The molecule has 1 saturated carbocycles. The highest BCUT2D eigenvalue weighted by molar-refractivity contribution is 5.34. The normalized spacial score (nSPS) is 24.6. The molecule has 94 valence electrons. The summed E-state index contributed by atoms with van der Waals surface area (Å²) in [7, 11) is 0. The van der Waals surface area contributed by atoms with E-state index in [2.05, 4.69) is 22.2 Å². The molecular formula is C13H21N3O. The van der Waals surface area contributed by atoms with Crippen LogP contribution < -0.4 is 10.9 Å². The summed E-state index contributed by atoms with van der Waals surface area (Å²) in [4.78, 5) is 18.4. The van der Waals surface area contributed by atoms with Gasteiger partial charge in [0.2, 0.25) is 0 Å². The van der Waals surface area contributed by atoms with Crippen molar-refractivity contribution in [2.24, 2.45) is 5.92 Å². The Morgan fingerprint density at radius 1 is 1.47 bits per heavy atom. The number of nitrogens with zero attached hydrogens (tertiary/aromatic N) is 1. The number of aryl methyl sites for hydroxylation is 1. The molecule has 4 nitrogen and oxygen atoms in total. The molecule has 0 radical (unpaired) electrons. The van der Waals surface area contributed by atoms with Crippen LogP contribution in [0.5, 0.6) is 0 Å². The van der Waals surface area contributed by atoms with Crippen LogP contribution in [0.4, 0.5) is 5.82 Å². The average molecular weight is 235 g/mol. The smallest absolute Gasteiger partial charge is 0.252 e. The van der Waals surface area contributed by atoms with Gasteiger partial charge in [-0.3, -0.25) is 4.79 Å². The predicted octanol–water partition coefficient (Wildman–Crippen LogP) is 2.46. The number of nitrogens with one attached hydrogen (secondary N) is 2. The summed E-state index contributed by atoms with van der Waals surface area (Å²) >= 11 is 0. The first-order valence-electron chi connectivity index (χ1n) is 6.53. The Kier molecular flexibility index (Phi) is 3.82. The second kappa shape index (κ2) is 5.34. The fourth-order valence-electron chi connectivity index (χ4n) is 2.73. The van der Waals surface area contributed by atoms with Gasteiger partial charge in [-0.15, -0.1) is 0 Å². The van der Waals surface area contributed by atoms with Gasteiger partial charge in [-0.2, -0.15) is 0 Å². The van der Waals surface area contributed by atoms with E-state index in [0.717, 1.165) is 5.82 Å². The minimum Gasteiger partial charge on any atom is -0.367 e. The monoisotopic (exact) mass is 235 g/mol. The molecule has 1 aliphatic rings. The molecule has 1 fully saturated rings. The molecular weight excluding hydrogens is 214 g/mol. The second-order valence-corrected chi connectivity index (χ2v) is 4.92. The maximum Gasteiger partial charge on any atom is 0.252 e. The Bertz CT molecular complexity index is 427. The van der Waals surface area contributed by atoms with Crippen LogP contribution in [0, 0.1) is 12.8 Å². The summed E-state index contributed by atoms with van der Waals surface area (Å²) in [6, 6.07) is 2.02. The van der Waals surface area contributed by atoms with Gasteiger partial charge in [0.25, 0.3) is 5.56 Å². The fraction of sp³-hybridized carbons (Fsp3) is 0.692. The molecule has 1 aromatic heterocycles. The number of aromatic nitrogens is 2. The molecule has 0 aromatic carbocycles. The first kappa shape index (κ1) is 12.1. The largest absolute Gasteiger partial charge is 0.367 e. The van der Waals surface area contributed by atoms with Gasteiger partial charge in [0, 0.05) is 12.1 Å². The van der Waals surface area contributed by atoms with Gasteiger partial charge in [-0.1, -0.05) is 26.2 Å².